The molecule has 1 aliphatic heterocycles. The number of amides is 1. The molecule has 0 atom stereocenters. The van der Waals surface area contributed by atoms with Gasteiger partial charge in [-0.2, -0.15) is 10.1 Å². The predicted molar refractivity (Wildman–Crippen MR) is 106 cm³/mol. The van der Waals surface area contributed by atoms with Gasteiger partial charge in [0.1, 0.15) is 25.3 Å². The summed E-state index contributed by atoms with van der Waals surface area (Å²) in [6, 6.07) is 11.7. The maximum Gasteiger partial charge on any atom is 0.319 e. The van der Waals surface area contributed by atoms with Gasteiger partial charge in [-0.05, 0) is 42.3 Å². The summed E-state index contributed by atoms with van der Waals surface area (Å²) in [6.07, 6.45) is 2.75. The fourth-order valence-electron chi connectivity index (χ4n) is 2.56. The first-order valence-electron chi connectivity index (χ1n) is 8.56. The number of hydrogen-bond acceptors (Lipinski definition) is 6. The summed E-state index contributed by atoms with van der Waals surface area (Å²) in [5, 5.41) is 5.87. The third-order valence-corrected chi connectivity index (χ3v) is 4.95. The topological polar surface area (TPSA) is 64.0 Å². The van der Waals surface area contributed by atoms with Crippen LogP contribution in [0.3, 0.4) is 0 Å². The van der Waals surface area contributed by atoms with Crippen LogP contribution in [-0.4, -0.2) is 30.3 Å². The van der Waals surface area contributed by atoms with Crippen molar-refractivity contribution < 1.29 is 18.7 Å². The van der Waals surface area contributed by atoms with Gasteiger partial charge in [-0.1, -0.05) is 29.5 Å². The molecule has 6 nitrogen and oxygen atoms in total. The lowest BCUT2D eigenvalue weighted by Crippen LogP contribution is -2.30. The van der Waals surface area contributed by atoms with E-state index in [4.69, 9.17) is 9.47 Å². The number of carbonyl (C=O) groups is 1. The van der Waals surface area contributed by atoms with Gasteiger partial charge in [0.2, 0.25) is 10.9 Å². The van der Waals surface area contributed by atoms with E-state index >= 15 is 0 Å². The van der Waals surface area contributed by atoms with E-state index in [0.29, 0.717) is 17.3 Å². The largest absolute Gasteiger partial charge is 0.494 e. The Kier molecular flexibility index (Phi) is 5.03. The van der Waals surface area contributed by atoms with Crippen LogP contribution in [0.5, 0.6) is 0 Å². The average Bonchev–Trinajstić information content (AvgIpc) is 3.13. The standard InChI is InChI=1S/C20H16FN3O3S/c1-13-2-7-16-18(10-13)28-20(23-16)24(19(25)17-12-26-8-9-27-17)22-11-14-3-5-15(21)6-4-14/h2-7,10-12H,8-9H2,1H3/b22-11+. The van der Waals surface area contributed by atoms with E-state index in [1.807, 2.05) is 25.1 Å². The summed E-state index contributed by atoms with van der Waals surface area (Å²) in [5.74, 6) is -0.781. The average molecular weight is 397 g/mol. The molecule has 142 valence electrons. The van der Waals surface area contributed by atoms with Crippen LogP contribution in [0, 0.1) is 12.7 Å². The molecule has 1 aromatic heterocycles. The van der Waals surface area contributed by atoms with Crippen molar-refractivity contribution in [2.45, 2.75) is 6.92 Å². The van der Waals surface area contributed by atoms with Gasteiger partial charge < -0.3 is 9.47 Å². The van der Waals surface area contributed by atoms with E-state index in [-0.39, 0.29) is 18.2 Å². The first-order valence-corrected chi connectivity index (χ1v) is 9.37. The van der Waals surface area contributed by atoms with Gasteiger partial charge >= 0.3 is 5.91 Å². The van der Waals surface area contributed by atoms with Crippen molar-refractivity contribution in [2.75, 3.05) is 18.2 Å². The van der Waals surface area contributed by atoms with Crippen LogP contribution in [0.2, 0.25) is 0 Å². The number of ether oxygens (including phenoxy) is 2. The molecule has 8 heteroatoms. The molecular weight excluding hydrogens is 381 g/mol. The number of rotatable bonds is 4. The second kappa shape index (κ2) is 7.77. The molecule has 0 bridgehead atoms. The van der Waals surface area contributed by atoms with Gasteiger partial charge in [0.05, 0.1) is 16.4 Å². The zero-order valence-electron chi connectivity index (χ0n) is 15.0. The van der Waals surface area contributed by atoms with Crippen molar-refractivity contribution >= 4 is 38.8 Å². The minimum Gasteiger partial charge on any atom is -0.494 e. The summed E-state index contributed by atoms with van der Waals surface area (Å²) in [5.41, 5.74) is 2.52. The van der Waals surface area contributed by atoms with Crippen molar-refractivity contribution in [3.63, 3.8) is 0 Å². The lowest BCUT2D eigenvalue weighted by Gasteiger charge is -2.19. The predicted octanol–water partition coefficient (Wildman–Crippen LogP) is 4.00. The Morgan fingerprint density at radius 1 is 1.25 bits per heavy atom. The molecule has 4 rings (SSSR count). The van der Waals surface area contributed by atoms with Crippen molar-refractivity contribution in [1.29, 1.82) is 0 Å². The number of aromatic nitrogens is 1. The van der Waals surface area contributed by atoms with Gasteiger partial charge in [-0.25, -0.2) is 9.37 Å². The second-order valence-electron chi connectivity index (χ2n) is 6.08. The highest BCUT2D eigenvalue weighted by molar-refractivity contribution is 7.22. The molecular formula is C20H16FN3O3S. The summed E-state index contributed by atoms with van der Waals surface area (Å²) in [7, 11) is 0. The SMILES string of the molecule is Cc1ccc2nc(N(/N=C/c3ccc(F)cc3)C(=O)C3=COCCO3)sc2c1. The first-order chi connectivity index (χ1) is 13.6. The molecule has 2 heterocycles. The van der Waals surface area contributed by atoms with Crippen LogP contribution in [0.25, 0.3) is 10.2 Å². The summed E-state index contributed by atoms with van der Waals surface area (Å²) >= 11 is 1.35. The Hall–Kier alpha value is -3.26. The molecule has 0 saturated heterocycles. The third-order valence-electron chi connectivity index (χ3n) is 3.96. The highest BCUT2D eigenvalue weighted by atomic mass is 32.1. The summed E-state index contributed by atoms with van der Waals surface area (Å²) in [6.45, 7) is 2.66. The number of nitrogens with zero attached hydrogens (tertiary/aromatic N) is 3. The summed E-state index contributed by atoms with van der Waals surface area (Å²) < 4.78 is 24.7. The number of fused-ring (bicyclic) bond motifs is 1. The van der Waals surface area contributed by atoms with Gasteiger partial charge in [0.25, 0.3) is 0 Å². The molecule has 0 aliphatic carbocycles. The highest BCUT2D eigenvalue weighted by Gasteiger charge is 2.26. The quantitative estimate of drug-likeness (QED) is 0.493. The molecule has 1 amide bonds. The molecule has 3 aromatic rings. The highest BCUT2D eigenvalue weighted by Crippen LogP contribution is 2.31. The minimum absolute atomic E-state index is 0.0537. The number of thiazole rings is 1. The normalized spacial score (nSPS) is 13.9. The van der Waals surface area contributed by atoms with E-state index in [1.165, 1.54) is 41.0 Å². The lowest BCUT2D eigenvalue weighted by atomic mass is 10.2. The number of anilines is 1. The van der Waals surface area contributed by atoms with Crippen LogP contribution in [-0.2, 0) is 14.3 Å². The van der Waals surface area contributed by atoms with Crippen LogP contribution in [0.1, 0.15) is 11.1 Å². The Morgan fingerprint density at radius 3 is 2.82 bits per heavy atom. The molecule has 0 N–H and O–H groups in total. The number of hydrazone groups is 1. The van der Waals surface area contributed by atoms with Gasteiger partial charge in [0, 0.05) is 0 Å². The number of hydrogen-bond donors (Lipinski definition) is 0. The van der Waals surface area contributed by atoms with E-state index in [2.05, 4.69) is 10.1 Å². The van der Waals surface area contributed by atoms with Crippen LogP contribution in [0.4, 0.5) is 9.52 Å². The Bertz CT molecular complexity index is 1080. The maximum absolute atomic E-state index is 13.1. The van der Waals surface area contributed by atoms with E-state index in [1.54, 1.807) is 12.1 Å². The monoisotopic (exact) mass is 397 g/mol. The second-order valence-corrected chi connectivity index (χ2v) is 7.09. The van der Waals surface area contributed by atoms with Crippen molar-refractivity contribution in [2.24, 2.45) is 5.10 Å². The molecule has 1 aliphatic rings. The van der Waals surface area contributed by atoms with Crippen molar-refractivity contribution in [3.8, 4) is 0 Å². The third kappa shape index (κ3) is 3.86. The van der Waals surface area contributed by atoms with E-state index in [0.717, 1.165) is 15.8 Å². The van der Waals surface area contributed by atoms with Gasteiger partial charge in [0.15, 0.2) is 0 Å². The molecule has 2 aromatic carbocycles. The Balaban J connectivity index is 1.72. The molecule has 28 heavy (non-hydrogen) atoms. The number of carbonyl (C=O) groups excluding carboxylic acids is 1. The molecule has 0 unspecified atom stereocenters. The maximum atomic E-state index is 13.1. The number of aryl methyl sites for hydroxylation is 1. The first kappa shape index (κ1) is 18.1. The smallest absolute Gasteiger partial charge is 0.319 e. The zero-order chi connectivity index (χ0) is 19.5. The fraction of sp³-hybridized carbons (Fsp3) is 0.150. The molecule has 0 radical (unpaired) electrons. The van der Waals surface area contributed by atoms with E-state index in [9.17, 15) is 9.18 Å². The minimum atomic E-state index is -0.492. The van der Waals surface area contributed by atoms with Crippen molar-refractivity contribution in [1.82, 2.24) is 4.98 Å². The Labute approximate surface area is 164 Å². The van der Waals surface area contributed by atoms with Gasteiger partial charge in [-0.15, -0.1) is 0 Å². The Morgan fingerprint density at radius 2 is 2.07 bits per heavy atom. The van der Waals surface area contributed by atoms with Crippen LogP contribution >= 0.6 is 11.3 Å². The number of benzene rings is 2. The molecule has 0 fully saturated rings. The fourth-order valence-corrected chi connectivity index (χ4v) is 3.58. The molecule has 0 saturated carbocycles. The lowest BCUT2D eigenvalue weighted by molar-refractivity contribution is -0.119. The zero-order valence-corrected chi connectivity index (χ0v) is 15.8. The van der Waals surface area contributed by atoms with Gasteiger partial charge in [-0.3, -0.25) is 4.79 Å². The van der Waals surface area contributed by atoms with E-state index < -0.39 is 5.91 Å². The number of halogens is 1. The summed E-state index contributed by atoms with van der Waals surface area (Å²) in [4.78, 5) is 17.5. The van der Waals surface area contributed by atoms with Crippen LogP contribution in [0.15, 0.2) is 59.6 Å². The van der Waals surface area contributed by atoms with Crippen LogP contribution < -0.4 is 5.01 Å². The van der Waals surface area contributed by atoms with Crippen molar-refractivity contribution in [3.05, 3.63) is 71.4 Å². The molecule has 0 spiro atoms.